The summed E-state index contributed by atoms with van der Waals surface area (Å²) in [5.41, 5.74) is 3.59. The van der Waals surface area contributed by atoms with Gasteiger partial charge in [0.25, 0.3) is 0 Å². The topological polar surface area (TPSA) is 100 Å². The average molecular weight is 567 g/mol. The van der Waals surface area contributed by atoms with Crippen LogP contribution in [0.5, 0.6) is 5.75 Å². The molecule has 2 heterocycles. The zero-order valence-corrected chi connectivity index (χ0v) is 23.9. The number of nitrogens with zero attached hydrogens (tertiary/aromatic N) is 2. The smallest absolute Gasteiger partial charge is 0.243 e. The van der Waals surface area contributed by atoms with Crippen LogP contribution in [0.15, 0.2) is 81.6 Å². The van der Waals surface area contributed by atoms with Crippen molar-refractivity contribution in [1.82, 2.24) is 14.9 Å². The third-order valence-electron chi connectivity index (χ3n) is 6.75. The van der Waals surface area contributed by atoms with Crippen LogP contribution in [0.4, 0.5) is 4.39 Å². The van der Waals surface area contributed by atoms with E-state index >= 15 is 0 Å². The van der Waals surface area contributed by atoms with Crippen molar-refractivity contribution in [3.8, 4) is 5.75 Å². The Morgan fingerprint density at radius 1 is 1.23 bits per heavy atom. The van der Waals surface area contributed by atoms with Gasteiger partial charge in [-0.25, -0.2) is 17.8 Å². The number of allylic oxidation sites excluding steroid dienone is 1. The number of benzene rings is 2. The molecule has 0 unspecified atom stereocenters. The summed E-state index contributed by atoms with van der Waals surface area (Å²) in [6.45, 7) is 8.42. The molecule has 0 aromatic heterocycles. The number of likely N-dealkylation sites (N-methyl/N-ethyl adjacent to an activating group) is 1. The lowest BCUT2D eigenvalue weighted by atomic mass is 10.0. The fraction of sp³-hybridized carbons (Fsp3) is 0.333. The van der Waals surface area contributed by atoms with Gasteiger partial charge in [-0.2, -0.15) is 4.31 Å². The minimum Gasteiger partial charge on any atom is -0.493 e. The lowest BCUT2D eigenvalue weighted by molar-refractivity contribution is -0.116. The maximum Gasteiger partial charge on any atom is 0.243 e. The summed E-state index contributed by atoms with van der Waals surface area (Å²) in [5, 5.41) is 6.36. The van der Waals surface area contributed by atoms with Crippen molar-refractivity contribution in [2.24, 2.45) is 4.99 Å². The van der Waals surface area contributed by atoms with Gasteiger partial charge in [-0.15, -0.1) is 0 Å². The first-order valence-corrected chi connectivity index (χ1v) is 14.8. The highest BCUT2D eigenvalue weighted by molar-refractivity contribution is 7.89. The van der Waals surface area contributed by atoms with E-state index in [1.54, 1.807) is 30.3 Å². The summed E-state index contributed by atoms with van der Waals surface area (Å²) in [5.74, 6) is 0.356. The van der Waals surface area contributed by atoms with Gasteiger partial charge >= 0.3 is 0 Å². The number of sulfonamides is 1. The van der Waals surface area contributed by atoms with Crippen LogP contribution in [0.25, 0.3) is 6.08 Å². The largest absolute Gasteiger partial charge is 0.493 e. The van der Waals surface area contributed by atoms with Gasteiger partial charge in [-0.05, 0) is 61.7 Å². The molecule has 2 N–H and O–H groups in total. The quantitative estimate of drug-likeness (QED) is 0.403. The monoisotopic (exact) mass is 566 g/mol. The summed E-state index contributed by atoms with van der Waals surface area (Å²) in [6.07, 6.45) is 4.26. The van der Waals surface area contributed by atoms with E-state index in [4.69, 9.17) is 9.73 Å². The van der Waals surface area contributed by atoms with Gasteiger partial charge in [-0.3, -0.25) is 4.79 Å². The molecular formula is C30H35FN4O4S. The Hall–Kier alpha value is -3.76. The van der Waals surface area contributed by atoms with E-state index in [-0.39, 0.29) is 30.2 Å². The first-order valence-electron chi connectivity index (χ1n) is 13.4. The molecule has 0 aliphatic carbocycles. The fourth-order valence-corrected chi connectivity index (χ4v) is 6.15. The molecule has 0 radical (unpaired) electrons. The summed E-state index contributed by atoms with van der Waals surface area (Å²) >= 11 is 0. The van der Waals surface area contributed by atoms with Crippen LogP contribution in [0.2, 0.25) is 0 Å². The second kappa shape index (κ2) is 12.6. The number of amidine groups is 1. The number of aliphatic imine (C=N–C) groups is 1. The van der Waals surface area contributed by atoms with Crippen LogP contribution < -0.4 is 15.4 Å². The van der Waals surface area contributed by atoms with Crippen molar-refractivity contribution < 1.29 is 22.3 Å². The van der Waals surface area contributed by atoms with Crippen molar-refractivity contribution in [2.45, 2.75) is 44.4 Å². The molecule has 2 aliphatic heterocycles. The molecule has 2 aromatic carbocycles. The Kier molecular flexibility index (Phi) is 9.21. The predicted octanol–water partition coefficient (Wildman–Crippen LogP) is 4.76. The summed E-state index contributed by atoms with van der Waals surface area (Å²) < 4.78 is 48.4. The number of unbranched alkanes of at least 4 members (excludes halogenated alkanes) is 1. The normalized spacial score (nSPS) is 17.6. The van der Waals surface area contributed by atoms with Crippen molar-refractivity contribution in [3.63, 3.8) is 0 Å². The van der Waals surface area contributed by atoms with Crippen LogP contribution >= 0.6 is 0 Å². The first-order chi connectivity index (χ1) is 19.2. The first kappa shape index (κ1) is 29.2. The van der Waals surface area contributed by atoms with Gasteiger partial charge in [0.05, 0.1) is 34.2 Å². The molecule has 2 aliphatic rings. The molecule has 8 nitrogen and oxygen atoms in total. The average Bonchev–Trinajstić information content (AvgIpc) is 2.93. The number of ketones is 1. The number of hydrogen-bond donors (Lipinski definition) is 2. The van der Waals surface area contributed by atoms with Crippen molar-refractivity contribution in [3.05, 3.63) is 88.7 Å². The maximum absolute atomic E-state index is 13.8. The van der Waals surface area contributed by atoms with Crippen molar-refractivity contribution >= 4 is 27.7 Å². The number of rotatable bonds is 10. The van der Waals surface area contributed by atoms with Crippen molar-refractivity contribution in [1.29, 1.82) is 0 Å². The highest BCUT2D eigenvalue weighted by Crippen LogP contribution is 2.30. The molecule has 1 saturated heterocycles. The van der Waals surface area contributed by atoms with Crippen LogP contribution in [0.1, 0.15) is 50.7 Å². The standard InChI is InChI=1S/C30H35FN4O4S/c1-5-7-11-26-29(32-4)20(3)33-30(34-26)25-18-24(12-13-28(25)39-6-2)40(37,38)35-15-14-27(36)22(19-35)16-21-9-8-10-23(31)17-21/h8-10,12-13,16-18,32H,3,5-7,11,14-15,19H2,1-2,4H3,(H,33,34)/b22-16+. The number of piperidine rings is 1. The van der Waals surface area contributed by atoms with E-state index in [0.717, 1.165) is 30.7 Å². The van der Waals surface area contributed by atoms with E-state index < -0.39 is 15.8 Å². The van der Waals surface area contributed by atoms with Crippen LogP contribution in [0, 0.1) is 5.82 Å². The Labute approximate surface area is 235 Å². The lowest BCUT2D eigenvalue weighted by Crippen LogP contribution is -2.40. The molecule has 10 heteroatoms. The SMILES string of the molecule is C=C1NC(c2cc(S(=O)(=O)N3CCC(=O)/C(=C/c4cccc(F)c4)C3)ccc2OCC)=NC(CCCC)=C1NC. The molecular weight excluding hydrogens is 531 g/mol. The van der Waals surface area contributed by atoms with E-state index in [0.29, 0.717) is 40.6 Å². The van der Waals surface area contributed by atoms with Gasteiger partial charge in [-0.1, -0.05) is 32.1 Å². The molecule has 0 spiro atoms. The van der Waals surface area contributed by atoms with E-state index in [2.05, 4.69) is 24.1 Å². The van der Waals surface area contributed by atoms with E-state index in [1.165, 1.54) is 22.5 Å². The second-order valence-corrected chi connectivity index (χ2v) is 11.5. The number of carbonyl (C=O) groups excluding carboxylic acids is 1. The molecule has 0 bridgehead atoms. The number of hydrogen-bond acceptors (Lipinski definition) is 7. The zero-order chi connectivity index (χ0) is 28.9. The van der Waals surface area contributed by atoms with Gasteiger partial charge in [0.15, 0.2) is 5.78 Å². The van der Waals surface area contributed by atoms with E-state index in [1.807, 2.05) is 14.0 Å². The predicted molar refractivity (Wildman–Crippen MR) is 155 cm³/mol. The Morgan fingerprint density at radius 3 is 2.73 bits per heavy atom. The minimum atomic E-state index is -3.99. The van der Waals surface area contributed by atoms with Gasteiger partial charge in [0, 0.05) is 32.1 Å². The fourth-order valence-electron chi connectivity index (χ4n) is 4.70. The highest BCUT2D eigenvalue weighted by Gasteiger charge is 2.32. The molecule has 2 aromatic rings. The molecule has 40 heavy (non-hydrogen) atoms. The Bertz CT molecular complexity index is 1510. The molecule has 0 saturated carbocycles. The summed E-state index contributed by atoms with van der Waals surface area (Å²) in [7, 11) is -2.17. The minimum absolute atomic E-state index is 0.0384. The Balaban J connectivity index is 1.71. The molecule has 0 amide bonds. The highest BCUT2D eigenvalue weighted by atomic mass is 32.2. The number of ether oxygens (including phenoxy) is 1. The van der Waals surface area contributed by atoms with E-state index in [9.17, 15) is 17.6 Å². The molecule has 0 atom stereocenters. The van der Waals surface area contributed by atoms with Gasteiger partial charge < -0.3 is 15.4 Å². The Morgan fingerprint density at radius 2 is 2.02 bits per heavy atom. The third kappa shape index (κ3) is 6.34. The zero-order valence-electron chi connectivity index (χ0n) is 23.1. The van der Waals surface area contributed by atoms with Crippen LogP contribution in [0.3, 0.4) is 0 Å². The summed E-state index contributed by atoms with van der Waals surface area (Å²) in [4.78, 5) is 17.5. The number of Topliss-reactive ketones (excluding diaryl/α,β-unsaturated/α-hetero) is 1. The third-order valence-corrected chi connectivity index (χ3v) is 8.59. The van der Waals surface area contributed by atoms with Gasteiger partial charge in [0.1, 0.15) is 17.4 Å². The molecule has 1 fully saturated rings. The molecule has 212 valence electrons. The van der Waals surface area contributed by atoms with Crippen LogP contribution in [-0.4, -0.2) is 51.1 Å². The second-order valence-electron chi connectivity index (χ2n) is 9.57. The summed E-state index contributed by atoms with van der Waals surface area (Å²) in [6, 6.07) is 10.5. The lowest BCUT2D eigenvalue weighted by Gasteiger charge is -2.28. The number of nitrogens with one attached hydrogen (secondary N) is 2. The van der Waals surface area contributed by atoms with Gasteiger partial charge in [0.2, 0.25) is 10.0 Å². The maximum atomic E-state index is 13.8. The number of carbonyl (C=O) groups is 1. The van der Waals surface area contributed by atoms with Crippen LogP contribution in [-0.2, 0) is 14.8 Å². The number of halogens is 1. The van der Waals surface area contributed by atoms with Crippen molar-refractivity contribution in [2.75, 3.05) is 26.7 Å². The molecule has 4 rings (SSSR count).